The fourth-order valence-corrected chi connectivity index (χ4v) is 11.8. The van der Waals surface area contributed by atoms with Crippen LogP contribution in [0.5, 0.6) is 0 Å². The number of benzene rings is 7. The predicted octanol–water partition coefficient (Wildman–Crippen LogP) is 27.7. The van der Waals surface area contributed by atoms with Gasteiger partial charge >= 0.3 is 95.0 Å². The second-order valence-electron chi connectivity index (χ2n) is 26.1. The van der Waals surface area contributed by atoms with E-state index in [4.69, 9.17) is 92.6 Å². The number of nitrogens with zero attached hydrogens (tertiary/aromatic N) is 2. The van der Waals surface area contributed by atoms with Gasteiger partial charge in [-0.25, -0.2) is 9.59 Å². The van der Waals surface area contributed by atoms with Gasteiger partial charge in [0.25, 0.3) is 0 Å². The molecule has 0 spiro atoms. The number of nitriles is 2. The molecular formula is C85H98Br5Cl5I3N6O12V. The first kappa shape index (κ1) is 113. The number of carbonyl (C=O) groups is 7. The van der Waals surface area contributed by atoms with Gasteiger partial charge in [0, 0.05) is 58.7 Å². The number of hydrogen-bond acceptors (Lipinski definition) is 13. The first-order valence-electron chi connectivity index (χ1n) is 36.0. The molecule has 7 rings (SSSR count). The van der Waals surface area contributed by atoms with Crippen molar-refractivity contribution in [3.8, 4) is 12.1 Å². The van der Waals surface area contributed by atoms with Crippen molar-refractivity contribution in [2.24, 2.45) is 0 Å². The molecule has 4 atom stereocenters. The van der Waals surface area contributed by atoms with Crippen molar-refractivity contribution < 1.29 is 62.5 Å². The number of para-hydroxylation sites is 4. The number of ether oxygens (including phenoxy) is 4. The van der Waals surface area contributed by atoms with E-state index in [1.807, 2.05) is 121 Å². The van der Waals surface area contributed by atoms with Gasteiger partial charge in [-0.15, -0.1) is 58.0 Å². The molecule has 0 saturated heterocycles. The number of methoxy groups -OCH3 is 2. The molecule has 32 heteroatoms. The van der Waals surface area contributed by atoms with Crippen LogP contribution in [0, 0.1) is 22.7 Å². The number of anilines is 4. The van der Waals surface area contributed by atoms with Crippen molar-refractivity contribution in [1.82, 2.24) is 0 Å². The first-order valence-corrected chi connectivity index (χ1v) is 56.5. The van der Waals surface area contributed by atoms with E-state index in [0.29, 0.717) is 78.4 Å². The number of carboxylic acid groups (broad SMARTS) is 1. The van der Waals surface area contributed by atoms with Gasteiger partial charge in [0.15, 0.2) is 0 Å². The summed E-state index contributed by atoms with van der Waals surface area (Å²) in [6.07, 6.45) is 10.4. The topological polar surface area (TPSA) is 272 Å². The molecule has 117 heavy (non-hydrogen) atoms. The maximum absolute atomic E-state index is 12.5. The number of carbonyl (C=O) groups excluding carboxylic acids is 6. The van der Waals surface area contributed by atoms with Crippen LogP contribution in [0.2, 0.25) is 0 Å². The van der Waals surface area contributed by atoms with Crippen LogP contribution in [0.3, 0.4) is 0 Å². The number of carboxylic acids is 1. The summed E-state index contributed by atoms with van der Waals surface area (Å²) in [5, 5.41) is 38.0. The first-order chi connectivity index (χ1) is 55.5. The molecular weight excluding hydrogens is 2310 g/mol. The molecule has 0 aliphatic rings. The Morgan fingerprint density at radius 2 is 0.803 bits per heavy atom. The van der Waals surface area contributed by atoms with Gasteiger partial charge in [-0.05, 0) is 218 Å². The van der Waals surface area contributed by atoms with Gasteiger partial charge in [-0.3, -0.25) is 34.6 Å². The standard InChI is InChI=1S/C26H31ClN2O5.C14H18N2O3.C12H14BrClO2.C11H11BrClN.C11H12BrClO2.C8H6BrN.C3H6BrCl.3HI.V/c1-26(2,3)34-25(32)29-22-10-6-5-9-21(22)28-23(30)16-13-18-11-14-19(15-12-18)20(8-7-17-27)24(31)33-4;1-5-12(17)15-10-8-6-7-9-11(10)16-13(18)19-14(2,3)4;1-16-12(15)11(3-2-8-14)9-4-6-10(13)7-5-9;12-11-5-3-9(4-6-11)10(8-14)2-1-7-13;12-9-5-3-8(4-6-9)10(11(14)15)2-1-7-13;9-8-3-1-7(2-4-8)5-6-10;4-2-1-3-5;;;;/h5-6,9-16,20H,7-8,17H2,1-4H3,(H,28,30)(H,29,32);5-9H,1H2,2-4H3,(H,15,17)(H,16,18);4-7,11H,2-3,8H2,1H3;3-6,10H,1-2,7H2;3-6,10H,1-2,7H2,(H,14,15);1-4H,5H2;1-3H2;3*1H;/q;;;;;;;;;;+3/p-3/b16-13+;;;;;;;;;;. The van der Waals surface area contributed by atoms with E-state index < -0.39 is 35.3 Å². The summed E-state index contributed by atoms with van der Waals surface area (Å²) in [6.45, 7) is 14.0. The summed E-state index contributed by atoms with van der Waals surface area (Å²) in [7, 11) is 2.78. The fraction of sp³-hybridized carbons (Fsp3) is 0.353. The third-order valence-corrected chi connectivity index (χ3v) is 18.8. The van der Waals surface area contributed by atoms with E-state index >= 15 is 0 Å². The number of esters is 2. The van der Waals surface area contributed by atoms with Crippen LogP contribution in [0.1, 0.15) is 156 Å². The number of alkyl halides is 6. The molecule has 636 valence electrons. The summed E-state index contributed by atoms with van der Waals surface area (Å²) in [6, 6.07) is 56.1. The van der Waals surface area contributed by atoms with E-state index in [0.717, 1.165) is 101 Å². The Hall–Kier alpha value is -4.49. The van der Waals surface area contributed by atoms with Crippen molar-refractivity contribution in [2.45, 2.75) is 141 Å². The van der Waals surface area contributed by atoms with Crippen LogP contribution in [0.4, 0.5) is 32.3 Å². The van der Waals surface area contributed by atoms with Crippen molar-refractivity contribution in [1.29, 1.82) is 10.5 Å². The van der Waals surface area contributed by atoms with Gasteiger partial charge in [0.1, 0.15) is 11.2 Å². The summed E-state index contributed by atoms with van der Waals surface area (Å²) >= 11 is 51.8. The zero-order valence-corrected chi connectivity index (χ0v) is 85.5. The van der Waals surface area contributed by atoms with Crippen molar-refractivity contribution in [2.75, 3.05) is 70.2 Å². The second-order valence-corrected chi connectivity index (χ2v) is 67.8. The number of nitrogens with one attached hydrogen (secondary N) is 4. The van der Waals surface area contributed by atoms with Crippen molar-refractivity contribution in [3.05, 3.63) is 240 Å². The molecule has 0 fully saturated rings. The summed E-state index contributed by atoms with van der Waals surface area (Å²) in [5.41, 5.74) is 6.16. The molecule has 0 saturated carbocycles. The zero-order chi connectivity index (χ0) is 88.3. The van der Waals surface area contributed by atoms with Gasteiger partial charge in [-0.2, -0.15) is 10.5 Å². The van der Waals surface area contributed by atoms with Crippen molar-refractivity contribution >= 4 is 268 Å². The Labute approximate surface area is 794 Å². The molecule has 0 bridgehead atoms. The van der Waals surface area contributed by atoms with E-state index in [1.54, 1.807) is 96.1 Å². The summed E-state index contributed by atoms with van der Waals surface area (Å²) in [5.74, 6) is -0.143. The molecule has 4 unspecified atom stereocenters. The summed E-state index contributed by atoms with van der Waals surface area (Å²) < 4.78 is 24.2. The Balaban J connectivity index is 0.00000141. The normalized spacial score (nSPS) is 11.4. The minimum absolute atomic E-state index is 0.0261. The molecule has 0 aliphatic carbocycles. The zero-order valence-electron chi connectivity index (χ0n) is 65.9. The average Bonchev–Trinajstić information content (AvgIpc) is 0.887. The molecule has 0 aliphatic heterocycles. The molecule has 0 radical (unpaired) electrons. The molecule has 0 heterocycles. The maximum atomic E-state index is 12.5. The molecule has 7 aromatic rings. The van der Waals surface area contributed by atoms with Gasteiger partial charge in [0.05, 0.1) is 79.2 Å². The fourth-order valence-electron chi connectivity index (χ4n) is 9.42. The van der Waals surface area contributed by atoms with E-state index in [-0.39, 0.29) is 46.4 Å². The monoisotopic (exact) mass is 2400 g/mol. The molecule has 0 aromatic heterocycles. The molecule has 7 aromatic carbocycles. The Bertz CT molecular complexity index is 4170. The molecule has 5 N–H and O–H groups in total. The van der Waals surface area contributed by atoms with E-state index in [2.05, 4.69) is 180 Å². The number of hydrogen-bond donors (Lipinski definition) is 5. The third kappa shape index (κ3) is 55.3. The molecule has 18 nitrogen and oxygen atoms in total. The number of amides is 4. The van der Waals surface area contributed by atoms with Gasteiger partial charge in [0.2, 0.25) is 11.8 Å². The predicted molar refractivity (Wildman–Crippen MR) is 521 cm³/mol. The Morgan fingerprint density at radius 3 is 1.11 bits per heavy atom. The average molecular weight is 2400 g/mol. The Kier molecular flexibility index (Phi) is 64.5. The SMILES string of the molecule is C=CC(=O)Nc1ccccc1NC(=O)OC(C)(C)C.COC(=O)C(CCCCl)c1ccc(/C=C/C(=O)Nc2ccccc2NC(=O)OC(C)(C)C)cc1.COC(=O)C(CCCCl)c1ccc(Br)cc1.ClCCCBr.N#CC(CCCCl)c1ccc(Br)cc1.N#CCc1ccc(Br)cc1.O=C(O)C(CCCCl)c1ccc(Br)cc1.[I][V]([I])[I]. The minimum atomic E-state index is -0.789. The van der Waals surface area contributed by atoms with Crippen LogP contribution >= 0.6 is 198 Å². The molecule has 4 amide bonds. The van der Waals surface area contributed by atoms with Crippen LogP contribution < -0.4 is 21.3 Å². The quantitative estimate of drug-likeness (QED) is 0.00959. The number of halogens is 13. The van der Waals surface area contributed by atoms with Crippen LogP contribution in [0.15, 0.2) is 206 Å². The van der Waals surface area contributed by atoms with Crippen LogP contribution in [-0.2, 0) is 54.3 Å². The van der Waals surface area contributed by atoms with Crippen LogP contribution in [-0.4, -0.2) is 107 Å². The second kappa shape index (κ2) is 67.1. The van der Waals surface area contributed by atoms with Gasteiger partial charge in [-0.1, -0.05) is 183 Å². The number of rotatable bonds is 29. The van der Waals surface area contributed by atoms with Crippen molar-refractivity contribution in [3.63, 3.8) is 0 Å². The number of aliphatic carboxylic acids is 1. The van der Waals surface area contributed by atoms with Crippen LogP contribution in [0.25, 0.3) is 6.08 Å². The van der Waals surface area contributed by atoms with E-state index in [1.165, 1.54) is 20.3 Å². The van der Waals surface area contributed by atoms with Gasteiger partial charge < -0.3 is 34.7 Å². The third-order valence-electron chi connectivity index (χ3n) is 14.8. The Morgan fingerprint density at radius 1 is 0.487 bits per heavy atom. The summed E-state index contributed by atoms with van der Waals surface area (Å²) in [4.78, 5) is 82.0. The van der Waals surface area contributed by atoms with E-state index in [9.17, 15) is 33.6 Å².